The monoisotopic (exact) mass is 307 g/mol. The molecular weight excluding hydrogens is 274 g/mol. The highest BCUT2D eigenvalue weighted by Crippen LogP contribution is 2.28. The maximum absolute atomic E-state index is 13.2. The smallest absolute Gasteiger partial charge is 0.240 e. The molecule has 0 spiro atoms. The van der Waals surface area contributed by atoms with Gasteiger partial charge in [-0.25, -0.2) is 0 Å². The van der Waals surface area contributed by atoms with E-state index >= 15 is 0 Å². The first-order chi connectivity index (χ1) is 10.7. The van der Waals surface area contributed by atoms with Gasteiger partial charge in [0.15, 0.2) is 0 Å². The third-order valence-electron chi connectivity index (χ3n) is 6.00. The standard InChI is InChI=1S/C18H33N3O/c1-14(2)17(20-8-4-3-5-9-20)18(22)21-10-6-15-12-19-13-16(15)7-11-21/h14-17,19H,3-13H2,1-2H3/t15-,16+,17?. The number of rotatable bonds is 3. The zero-order valence-electron chi connectivity index (χ0n) is 14.4. The first-order valence-corrected chi connectivity index (χ1v) is 9.40. The fraction of sp³-hybridized carbons (Fsp3) is 0.944. The zero-order chi connectivity index (χ0) is 15.5. The van der Waals surface area contributed by atoms with Gasteiger partial charge in [0.1, 0.15) is 0 Å². The average molecular weight is 307 g/mol. The molecule has 1 unspecified atom stereocenters. The zero-order valence-corrected chi connectivity index (χ0v) is 14.4. The van der Waals surface area contributed by atoms with Gasteiger partial charge in [-0.1, -0.05) is 20.3 Å². The third kappa shape index (κ3) is 3.48. The predicted molar refractivity (Wildman–Crippen MR) is 89.7 cm³/mol. The molecule has 4 heteroatoms. The van der Waals surface area contributed by atoms with Crippen molar-refractivity contribution < 1.29 is 4.79 Å². The first-order valence-electron chi connectivity index (χ1n) is 9.40. The third-order valence-corrected chi connectivity index (χ3v) is 6.00. The van der Waals surface area contributed by atoms with Gasteiger partial charge >= 0.3 is 0 Å². The number of nitrogens with zero attached hydrogens (tertiary/aromatic N) is 2. The SMILES string of the molecule is CC(C)C(C(=O)N1CC[C@@H]2CNC[C@@H]2CC1)N1CCCCC1. The normalized spacial score (nSPS) is 31.9. The molecule has 0 bridgehead atoms. The van der Waals surface area contributed by atoms with Gasteiger partial charge in [0.2, 0.25) is 5.91 Å². The highest BCUT2D eigenvalue weighted by molar-refractivity contribution is 5.82. The molecule has 1 N–H and O–H groups in total. The molecule has 3 atom stereocenters. The summed E-state index contributed by atoms with van der Waals surface area (Å²) in [6, 6.07) is 0.108. The molecule has 3 fully saturated rings. The van der Waals surface area contributed by atoms with E-state index in [0.717, 1.165) is 51.1 Å². The van der Waals surface area contributed by atoms with Crippen LogP contribution >= 0.6 is 0 Å². The minimum Gasteiger partial charge on any atom is -0.341 e. The molecule has 0 aliphatic carbocycles. The van der Waals surface area contributed by atoms with Crippen LogP contribution in [0.2, 0.25) is 0 Å². The average Bonchev–Trinajstić information content (AvgIpc) is 2.86. The molecule has 0 aromatic heterocycles. The van der Waals surface area contributed by atoms with Gasteiger partial charge in [-0.3, -0.25) is 9.69 Å². The fourth-order valence-corrected chi connectivity index (χ4v) is 4.69. The van der Waals surface area contributed by atoms with Crippen LogP contribution in [0.3, 0.4) is 0 Å². The lowest BCUT2D eigenvalue weighted by atomic mass is 9.92. The Bertz CT molecular complexity index is 365. The van der Waals surface area contributed by atoms with Crippen molar-refractivity contribution in [3.63, 3.8) is 0 Å². The second-order valence-corrected chi connectivity index (χ2v) is 7.87. The molecule has 3 aliphatic rings. The van der Waals surface area contributed by atoms with Crippen molar-refractivity contribution in [1.29, 1.82) is 0 Å². The summed E-state index contributed by atoms with van der Waals surface area (Å²) in [5.41, 5.74) is 0. The van der Waals surface area contributed by atoms with Gasteiger partial charge in [0.25, 0.3) is 0 Å². The van der Waals surface area contributed by atoms with Gasteiger partial charge in [-0.2, -0.15) is 0 Å². The lowest BCUT2D eigenvalue weighted by Gasteiger charge is -2.38. The fourth-order valence-electron chi connectivity index (χ4n) is 4.69. The Morgan fingerprint density at radius 2 is 1.55 bits per heavy atom. The molecule has 126 valence electrons. The maximum atomic E-state index is 13.2. The van der Waals surface area contributed by atoms with Crippen molar-refractivity contribution in [2.45, 2.75) is 52.0 Å². The van der Waals surface area contributed by atoms with Crippen LogP contribution in [0.1, 0.15) is 46.0 Å². The second-order valence-electron chi connectivity index (χ2n) is 7.87. The summed E-state index contributed by atoms with van der Waals surface area (Å²) >= 11 is 0. The summed E-state index contributed by atoms with van der Waals surface area (Å²) in [5.74, 6) is 2.41. The summed E-state index contributed by atoms with van der Waals surface area (Å²) in [4.78, 5) is 17.8. The van der Waals surface area contributed by atoms with E-state index in [1.165, 1.54) is 32.1 Å². The molecule has 3 heterocycles. The van der Waals surface area contributed by atoms with Crippen LogP contribution in [0.5, 0.6) is 0 Å². The molecule has 0 radical (unpaired) electrons. The van der Waals surface area contributed by atoms with Gasteiger partial charge in [0, 0.05) is 13.1 Å². The molecule has 1 amide bonds. The summed E-state index contributed by atoms with van der Waals surface area (Å²) < 4.78 is 0. The van der Waals surface area contributed by atoms with E-state index in [2.05, 4.69) is 29.0 Å². The number of amides is 1. The molecule has 22 heavy (non-hydrogen) atoms. The Labute approximate surface area is 135 Å². The number of likely N-dealkylation sites (tertiary alicyclic amines) is 2. The molecule has 3 aliphatic heterocycles. The van der Waals surface area contributed by atoms with Crippen LogP contribution < -0.4 is 5.32 Å². The quantitative estimate of drug-likeness (QED) is 0.866. The van der Waals surface area contributed by atoms with Gasteiger partial charge in [-0.15, -0.1) is 0 Å². The van der Waals surface area contributed by atoms with E-state index in [1.807, 2.05) is 0 Å². The Morgan fingerprint density at radius 1 is 0.955 bits per heavy atom. The number of fused-ring (bicyclic) bond motifs is 1. The van der Waals surface area contributed by atoms with Crippen molar-refractivity contribution in [3.05, 3.63) is 0 Å². The predicted octanol–water partition coefficient (Wildman–Crippen LogP) is 1.95. The molecule has 4 nitrogen and oxygen atoms in total. The van der Waals surface area contributed by atoms with Crippen LogP contribution in [0, 0.1) is 17.8 Å². The highest BCUT2D eigenvalue weighted by Gasteiger charge is 2.36. The largest absolute Gasteiger partial charge is 0.341 e. The number of piperidine rings is 1. The Morgan fingerprint density at radius 3 is 2.09 bits per heavy atom. The molecule has 0 aromatic carbocycles. The summed E-state index contributed by atoms with van der Waals surface area (Å²) in [6.07, 6.45) is 6.22. The number of hydrogen-bond donors (Lipinski definition) is 1. The van der Waals surface area contributed by atoms with E-state index in [4.69, 9.17) is 0 Å². The highest BCUT2D eigenvalue weighted by atomic mass is 16.2. The topological polar surface area (TPSA) is 35.6 Å². The minimum absolute atomic E-state index is 0.108. The Balaban J connectivity index is 1.64. The number of carbonyl (C=O) groups is 1. The van der Waals surface area contributed by atoms with Gasteiger partial charge in [-0.05, 0) is 69.6 Å². The first kappa shape index (κ1) is 16.3. The molecule has 0 saturated carbocycles. The van der Waals surface area contributed by atoms with Crippen molar-refractivity contribution in [3.8, 4) is 0 Å². The Hall–Kier alpha value is -0.610. The second kappa shape index (κ2) is 7.31. The van der Waals surface area contributed by atoms with Crippen LogP contribution in [-0.4, -0.2) is 61.0 Å². The summed E-state index contributed by atoms with van der Waals surface area (Å²) in [5, 5.41) is 3.52. The van der Waals surface area contributed by atoms with Crippen LogP contribution in [-0.2, 0) is 4.79 Å². The summed E-state index contributed by atoms with van der Waals surface area (Å²) in [7, 11) is 0. The van der Waals surface area contributed by atoms with Crippen LogP contribution in [0.4, 0.5) is 0 Å². The van der Waals surface area contributed by atoms with E-state index < -0.39 is 0 Å². The van der Waals surface area contributed by atoms with E-state index in [9.17, 15) is 4.79 Å². The number of nitrogens with one attached hydrogen (secondary N) is 1. The van der Waals surface area contributed by atoms with Crippen molar-refractivity contribution >= 4 is 5.91 Å². The number of hydrogen-bond acceptors (Lipinski definition) is 3. The minimum atomic E-state index is 0.108. The van der Waals surface area contributed by atoms with Gasteiger partial charge < -0.3 is 10.2 Å². The van der Waals surface area contributed by atoms with Crippen molar-refractivity contribution in [1.82, 2.24) is 15.1 Å². The van der Waals surface area contributed by atoms with E-state index in [0.29, 0.717) is 11.8 Å². The van der Waals surface area contributed by atoms with Gasteiger partial charge in [0.05, 0.1) is 6.04 Å². The lowest BCUT2D eigenvalue weighted by molar-refractivity contribution is -0.139. The van der Waals surface area contributed by atoms with E-state index in [1.54, 1.807) is 0 Å². The maximum Gasteiger partial charge on any atom is 0.240 e. The Kier molecular flexibility index (Phi) is 5.40. The lowest BCUT2D eigenvalue weighted by Crippen LogP contribution is -2.53. The van der Waals surface area contributed by atoms with Crippen molar-refractivity contribution in [2.24, 2.45) is 17.8 Å². The summed E-state index contributed by atoms with van der Waals surface area (Å²) in [6.45, 7) is 10.9. The van der Waals surface area contributed by atoms with Crippen molar-refractivity contribution in [2.75, 3.05) is 39.3 Å². The molecule has 0 aromatic rings. The molecule has 3 saturated heterocycles. The number of carbonyl (C=O) groups excluding carboxylic acids is 1. The van der Waals surface area contributed by atoms with Crippen LogP contribution in [0.15, 0.2) is 0 Å². The molecule has 3 rings (SSSR count). The molecular formula is C18H33N3O. The van der Waals surface area contributed by atoms with Crippen LogP contribution in [0.25, 0.3) is 0 Å². The van der Waals surface area contributed by atoms with E-state index in [-0.39, 0.29) is 6.04 Å².